The molecular weight excluding hydrogens is 272 g/mol. The molecule has 0 radical (unpaired) electrons. The van der Waals surface area contributed by atoms with Crippen molar-refractivity contribution in [2.24, 2.45) is 7.05 Å². The smallest absolute Gasteiger partial charge is 0.237 e. The molecule has 22 heavy (non-hydrogen) atoms. The lowest BCUT2D eigenvalue weighted by Gasteiger charge is -2.07. The first-order valence-electron chi connectivity index (χ1n) is 7.80. The summed E-state index contributed by atoms with van der Waals surface area (Å²) in [6.07, 6.45) is 4.47. The maximum atomic E-state index is 4.76. The number of benzene rings is 1. The van der Waals surface area contributed by atoms with E-state index in [1.54, 1.807) is 0 Å². The van der Waals surface area contributed by atoms with Crippen molar-refractivity contribution in [2.75, 3.05) is 12.4 Å². The molecular formula is C18H23N4+. The van der Waals surface area contributed by atoms with Gasteiger partial charge in [-0.2, -0.15) is 0 Å². The molecule has 3 rings (SSSR count). The van der Waals surface area contributed by atoms with Crippen LogP contribution in [0.2, 0.25) is 0 Å². The van der Waals surface area contributed by atoms with Gasteiger partial charge in [0, 0.05) is 25.6 Å². The van der Waals surface area contributed by atoms with Crippen LogP contribution in [0.15, 0.2) is 36.5 Å². The van der Waals surface area contributed by atoms with Crippen LogP contribution in [0.25, 0.3) is 16.7 Å². The molecule has 0 saturated carbocycles. The summed E-state index contributed by atoms with van der Waals surface area (Å²) in [6, 6.07) is 10.6. The van der Waals surface area contributed by atoms with Gasteiger partial charge in [0.25, 0.3) is 0 Å². The van der Waals surface area contributed by atoms with Crippen LogP contribution in [0.1, 0.15) is 24.7 Å². The number of nitrogens with zero attached hydrogens (tertiary/aromatic N) is 3. The molecule has 0 atom stereocenters. The van der Waals surface area contributed by atoms with Crippen molar-refractivity contribution in [1.82, 2.24) is 9.55 Å². The molecule has 0 unspecified atom stereocenters. The molecule has 0 fully saturated rings. The number of para-hydroxylation sites is 1. The number of nitrogens with one attached hydrogen (secondary N) is 1. The van der Waals surface area contributed by atoms with E-state index in [9.17, 15) is 0 Å². The lowest BCUT2D eigenvalue weighted by Crippen LogP contribution is -2.36. The van der Waals surface area contributed by atoms with Crippen molar-refractivity contribution in [3.8, 4) is 5.82 Å². The van der Waals surface area contributed by atoms with Gasteiger partial charge >= 0.3 is 0 Å². The highest BCUT2D eigenvalue weighted by Gasteiger charge is 2.16. The van der Waals surface area contributed by atoms with Crippen LogP contribution in [0, 0.1) is 6.92 Å². The van der Waals surface area contributed by atoms with Crippen molar-refractivity contribution in [3.63, 3.8) is 0 Å². The molecule has 114 valence electrons. The van der Waals surface area contributed by atoms with Crippen molar-refractivity contribution >= 4 is 16.7 Å². The quantitative estimate of drug-likeness (QED) is 0.750. The summed E-state index contributed by atoms with van der Waals surface area (Å²) >= 11 is 0. The monoisotopic (exact) mass is 295 g/mol. The molecule has 0 bridgehead atoms. The molecule has 0 amide bonds. The third kappa shape index (κ3) is 2.34. The van der Waals surface area contributed by atoms with E-state index in [4.69, 9.17) is 4.98 Å². The Morgan fingerprint density at radius 2 is 2.05 bits per heavy atom. The minimum Gasteiger partial charge on any atom is -0.308 e. The zero-order valence-electron chi connectivity index (χ0n) is 13.7. The predicted molar refractivity (Wildman–Crippen MR) is 90.5 cm³/mol. The number of aryl methyl sites for hydroxylation is 2. The van der Waals surface area contributed by atoms with Gasteiger partial charge in [0.1, 0.15) is 0 Å². The van der Waals surface area contributed by atoms with Gasteiger partial charge in [0.05, 0.1) is 18.6 Å². The standard InChI is InChI=1S/C18H22N4/c1-5-8-14-12-22(16-10-7-6-9-15(14)16)18-11-17(19-3)21(4)13(2)20-18/h6-7,9-12H,5,8H2,1-4H3/p+1. The largest absolute Gasteiger partial charge is 0.308 e. The molecule has 1 aromatic carbocycles. The van der Waals surface area contributed by atoms with Crippen LogP contribution in [0.5, 0.6) is 0 Å². The third-order valence-electron chi connectivity index (χ3n) is 4.21. The van der Waals surface area contributed by atoms with E-state index in [1.807, 2.05) is 21.0 Å². The summed E-state index contributed by atoms with van der Waals surface area (Å²) in [5, 5.41) is 4.56. The van der Waals surface area contributed by atoms with Crippen molar-refractivity contribution < 1.29 is 4.57 Å². The van der Waals surface area contributed by atoms with Crippen molar-refractivity contribution in [3.05, 3.63) is 47.9 Å². The molecule has 0 saturated heterocycles. The number of rotatable bonds is 4. The zero-order valence-corrected chi connectivity index (χ0v) is 13.7. The van der Waals surface area contributed by atoms with Crippen LogP contribution in [-0.4, -0.2) is 16.6 Å². The summed E-state index contributed by atoms with van der Waals surface area (Å²) in [6.45, 7) is 4.25. The van der Waals surface area contributed by atoms with E-state index >= 15 is 0 Å². The molecule has 2 aromatic heterocycles. The first-order chi connectivity index (χ1) is 10.7. The Morgan fingerprint density at radius 3 is 2.77 bits per heavy atom. The summed E-state index contributed by atoms with van der Waals surface area (Å²) in [5.41, 5.74) is 2.60. The maximum absolute atomic E-state index is 4.76. The Bertz CT molecular complexity index is 817. The average Bonchev–Trinajstić information content (AvgIpc) is 2.89. The fourth-order valence-corrected chi connectivity index (χ4v) is 2.94. The molecule has 1 N–H and O–H groups in total. The molecule has 0 aliphatic rings. The molecule has 3 aromatic rings. The Balaban J connectivity index is 2.24. The summed E-state index contributed by atoms with van der Waals surface area (Å²) in [4.78, 5) is 4.76. The van der Waals surface area contributed by atoms with Crippen LogP contribution >= 0.6 is 0 Å². The third-order valence-corrected chi connectivity index (χ3v) is 4.21. The van der Waals surface area contributed by atoms with Crippen molar-refractivity contribution in [1.29, 1.82) is 0 Å². The van der Waals surface area contributed by atoms with E-state index in [0.717, 1.165) is 30.3 Å². The van der Waals surface area contributed by atoms with Gasteiger partial charge in [0.15, 0.2) is 0 Å². The summed E-state index contributed by atoms with van der Waals surface area (Å²) < 4.78 is 4.26. The Morgan fingerprint density at radius 1 is 1.27 bits per heavy atom. The minimum atomic E-state index is 0.957. The zero-order chi connectivity index (χ0) is 15.7. The Labute approximate surface area is 131 Å². The van der Waals surface area contributed by atoms with Gasteiger partial charge in [0.2, 0.25) is 17.5 Å². The Kier molecular flexibility index (Phi) is 3.84. The fourth-order valence-electron chi connectivity index (χ4n) is 2.94. The lowest BCUT2D eigenvalue weighted by atomic mass is 10.1. The van der Waals surface area contributed by atoms with Crippen molar-refractivity contribution in [2.45, 2.75) is 26.7 Å². The SMILES string of the molecule is CCCc1cn(-c2cc(NC)[n+](C)c(C)n2)c2ccccc12. The molecule has 4 heteroatoms. The number of aromatic nitrogens is 3. The Hall–Kier alpha value is -2.36. The number of hydrogen-bond donors (Lipinski definition) is 1. The van der Waals surface area contributed by atoms with Gasteiger partial charge in [-0.1, -0.05) is 36.5 Å². The molecule has 2 heterocycles. The van der Waals surface area contributed by atoms with Crippen LogP contribution in [0.4, 0.5) is 5.82 Å². The average molecular weight is 295 g/mol. The van der Waals surface area contributed by atoms with E-state index in [1.165, 1.54) is 16.5 Å². The first kappa shape index (κ1) is 14.6. The minimum absolute atomic E-state index is 0.957. The second-order valence-corrected chi connectivity index (χ2v) is 5.65. The van der Waals surface area contributed by atoms with Gasteiger partial charge in [-0.25, -0.2) is 4.57 Å². The van der Waals surface area contributed by atoms with Crippen LogP contribution < -0.4 is 9.88 Å². The molecule has 0 aliphatic carbocycles. The van der Waals surface area contributed by atoms with Gasteiger partial charge < -0.3 is 5.32 Å². The number of hydrogen-bond acceptors (Lipinski definition) is 2. The predicted octanol–water partition coefficient (Wildman–Crippen LogP) is 3.15. The van der Waals surface area contributed by atoms with Crippen LogP contribution in [0.3, 0.4) is 0 Å². The second-order valence-electron chi connectivity index (χ2n) is 5.65. The number of fused-ring (bicyclic) bond motifs is 1. The summed E-state index contributed by atoms with van der Waals surface area (Å²) in [5.74, 6) is 2.99. The molecule has 0 spiro atoms. The topological polar surface area (TPSA) is 33.7 Å². The lowest BCUT2D eigenvalue weighted by molar-refractivity contribution is -0.666. The van der Waals surface area contributed by atoms with E-state index in [2.05, 4.69) is 57.9 Å². The van der Waals surface area contributed by atoms with Gasteiger partial charge in [-0.15, -0.1) is 0 Å². The maximum Gasteiger partial charge on any atom is 0.237 e. The van der Waals surface area contributed by atoms with Crippen LogP contribution in [-0.2, 0) is 13.5 Å². The second kappa shape index (κ2) is 5.79. The normalized spacial score (nSPS) is 11.1. The molecule has 0 aliphatic heterocycles. The highest BCUT2D eigenvalue weighted by molar-refractivity contribution is 5.85. The van der Waals surface area contributed by atoms with E-state index in [0.29, 0.717) is 0 Å². The molecule has 4 nitrogen and oxygen atoms in total. The highest BCUT2D eigenvalue weighted by Crippen LogP contribution is 2.25. The fraction of sp³-hybridized carbons (Fsp3) is 0.333. The van der Waals surface area contributed by atoms with Gasteiger partial charge in [-0.3, -0.25) is 4.57 Å². The van der Waals surface area contributed by atoms with E-state index in [-0.39, 0.29) is 0 Å². The van der Waals surface area contributed by atoms with Gasteiger partial charge in [-0.05, 0) is 18.1 Å². The summed E-state index contributed by atoms with van der Waals surface area (Å²) in [7, 11) is 3.96. The number of anilines is 1. The highest BCUT2D eigenvalue weighted by atomic mass is 15.2. The first-order valence-corrected chi connectivity index (χ1v) is 7.80. The van der Waals surface area contributed by atoms with E-state index < -0.39 is 0 Å².